The van der Waals surface area contributed by atoms with Crippen LogP contribution in [0.5, 0.6) is 0 Å². The van der Waals surface area contributed by atoms with Gasteiger partial charge in [0.05, 0.1) is 0 Å². The molecule has 13 heavy (non-hydrogen) atoms. The Balaban J connectivity index is 2.68. The van der Waals surface area contributed by atoms with Gasteiger partial charge in [0, 0.05) is 0 Å². The first-order chi connectivity index (χ1) is 5.66. The minimum Gasteiger partial charge on any atom is -0.170 e. The third-order valence-corrected chi connectivity index (χ3v) is 4.59. The maximum Gasteiger partial charge on any atom is 0.403 e. The highest BCUT2D eigenvalue weighted by Crippen LogP contribution is 2.52. The van der Waals surface area contributed by atoms with Crippen LogP contribution in [0.1, 0.15) is 39.5 Å². The molecule has 1 fully saturated rings. The Hall–Kier alpha value is 0.520. The van der Waals surface area contributed by atoms with Gasteiger partial charge < -0.3 is 0 Å². The summed E-state index contributed by atoms with van der Waals surface area (Å²) >= 11 is 1.59. The molecule has 1 aliphatic rings. The fourth-order valence-electron chi connectivity index (χ4n) is 1.61. The molecule has 0 heterocycles. The highest BCUT2D eigenvalue weighted by molar-refractivity contribution is 14.1. The van der Waals surface area contributed by atoms with E-state index in [-0.39, 0.29) is 18.3 Å². The van der Waals surface area contributed by atoms with Crippen LogP contribution >= 0.6 is 22.6 Å². The molecule has 1 aliphatic carbocycles. The lowest BCUT2D eigenvalue weighted by molar-refractivity contribution is -0.164. The Morgan fingerprint density at radius 1 is 1.00 bits per heavy atom. The van der Waals surface area contributed by atoms with Gasteiger partial charge in [0.1, 0.15) is 3.42 Å². The van der Waals surface area contributed by atoms with Gasteiger partial charge in [-0.15, -0.1) is 0 Å². The van der Waals surface area contributed by atoms with E-state index in [9.17, 15) is 13.2 Å². The first-order valence-corrected chi connectivity index (χ1v) is 5.50. The maximum absolute atomic E-state index is 12.6. The van der Waals surface area contributed by atoms with Crippen molar-refractivity contribution in [2.45, 2.75) is 49.1 Å². The van der Waals surface area contributed by atoms with E-state index in [2.05, 4.69) is 0 Å². The van der Waals surface area contributed by atoms with Crippen molar-refractivity contribution in [2.24, 2.45) is 5.41 Å². The lowest BCUT2D eigenvalue weighted by Crippen LogP contribution is -2.43. The fraction of sp³-hybridized carbons (Fsp3) is 1.00. The molecule has 4 heteroatoms. The second-order valence-corrected chi connectivity index (χ2v) is 6.69. The van der Waals surface area contributed by atoms with Gasteiger partial charge in [-0.25, -0.2) is 0 Å². The van der Waals surface area contributed by atoms with Gasteiger partial charge >= 0.3 is 6.18 Å². The van der Waals surface area contributed by atoms with Gasteiger partial charge in [-0.3, -0.25) is 0 Å². The summed E-state index contributed by atoms with van der Waals surface area (Å²) in [6.45, 7) is 4.08. The second kappa shape index (κ2) is 3.28. The average molecular weight is 306 g/mol. The topological polar surface area (TPSA) is 0 Å². The molecule has 0 radical (unpaired) electrons. The largest absolute Gasteiger partial charge is 0.403 e. The van der Waals surface area contributed by atoms with E-state index in [1.165, 1.54) is 0 Å². The molecule has 0 bridgehead atoms. The SMILES string of the molecule is CC1(C)CCC(I)(C(F)(F)F)CC1. The quantitative estimate of drug-likeness (QED) is 0.462. The van der Waals surface area contributed by atoms with E-state index in [0.29, 0.717) is 12.8 Å². The lowest BCUT2D eigenvalue weighted by Gasteiger charge is -2.40. The molecule has 0 aliphatic heterocycles. The summed E-state index contributed by atoms with van der Waals surface area (Å²) in [5.74, 6) is 0. The van der Waals surface area contributed by atoms with Crippen molar-refractivity contribution in [1.82, 2.24) is 0 Å². The molecular weight excluding hydrogens is 292 g/mol. The number of hydrogen-bond donors (Lipinski definition) is 0. The molecule has 0 N–H and O–H groups in total. The van der Waals surface area contributed by atoms with Gasteiger partial charge in [0.15, 0.2) is 0 Å². The molecule has 0 aromatic carbocycles. The molecule has 0 atom stereocenters. The first kappa shape index (κ1) is 11.6. The summed E-state index contributed by atoms with van der Waals surface area (Å²) in [6, 6.07) is 0. The highest BCUT2D eigenvalue weighted by atomic mass is 127. The lowest BCUT2D eigenvalue weighted by atomic mass is 9.73. The van der Waals surface area contributed by atoms with Gasteiger partial charge in [0.2, 0.25) is 0 Å². The number of rotatable bonds is 0. The summed E-state index contributed by atoms with van der Waals surface area (Å²) in [5.41, 5.74) is 0.0971. The zero-order valence-electron chi connectivity index (χ0n) is 7.84. The minimum atomic E-state index is -4.04. The van der Waals surface area contributed by atoms with Crippen LogP contribution < -0.4 is 0 Å². The van der Waals surface area contributed by atoms with Crippen LogP contribution in [0.15, 0.2) is 0 Å². The molecule has 1 saturated carbocycles. The zero-order valence-corrected chi connectivity index (χ0v) is 10.00. The molecule has 0 aromatic heterocycles. The molecular formula is C9H14F3I. The Morgan fingerprint density at radius 3 is 1.69 bits per heavy atom. The van der Waals surface area contributed by atoms with Gasteiger partial charge in [0.25, 0.3) is 0 Å². The van der Waals surface area contributed by atoms with Crippen molar-refractivity contribution < 1.29 is 13.2 Å². The number of hydrogen-bond acceptors (Lipinski definition) is 0. The van der Waals surface area contributed by atoms with Crippen LogP contribution in [0.4, 0.5) is 13.2 Å². The molecule has 0 aromatic rings. The summed E-state index contributed by atoms with van der Waals surface area (Å²) in [7, 11) is 0. The van der Waals surface area contributed by atoms with Crippen LogP contribution in [0.3, 0.4) is 0 Å². The van der Waals surface area contributed by atoms with E-state index in [0.717, 1.165) is 0 Å². The smallest absolute Gasteiger partial charge is 0.170 e. The van der Waals surface area contributed by atoms with E-state index in [1.807, 2.05) is 13.8 Å². The standard InChI is InChI=1S/C9H14F3I/c1-7(2)3-5-8(13,6-4-7)9(10,11)12/h3-6H2,1-2H3. The van der Waals surface area contributed by atoms with E-state index in [4.69, 9.17) is 0 Å². The predicted molar refractivity (Wildman–Crippen MR) is 55.1 cm³/mol. The third-order valence-electron chi connectivity index (χ3n) is 2.90. The van der Waals surface area contributed by atoms with E-state index >= 15 is 0 Å². The Kier molecular flexibility index (Phi) is 2.92. The molecule has 78 valence electrons. The van der Waals surface area contributed by atoms with Crippen molar-refractivity contribution in [1.29, 1.82) is 0 Å². The maximum atomic E-state index is 12.6. The van der Waals surface area contributed by atoms with Crippen LogP contribution in [0.25, 0.3) is 0 Å². The summed E-state index contributed by atoms with van der Waals surface area (Å²) in [5, 5.41) is 0. The van der Waals surface area contributed by atoms with Crippen LogP contribution in [0.2, 0.25) is 0 Å². The van der Waals surface area contributed by atoms with Crippen molar-refractivity contribution in [2.75, 3.05) is 0 Å². The molecule has 0 saturated heterocycles. The monoisotopic (exact) mass is 306 g/mol. The Morgan fingerprint density at radius 2 is 1.38 bits per heavy atom. The van der Waals surface area contributed by atoms with E-state index < -0.39 is 9.60 Å². The fourth-order valence-corrected chi connectivity index (χ4v) is 2.15. The number of halogens is 4. The molecule has 0 unspecified atom stereocenters. The normalized spacial score (nSPS) is 27.2. The van der Waals surface area contributed by atoms with Crippen molar-refractivity contribution in [3.8, 4) is 0 Å². The zero-order chi connectivity index (χ0) is 10.3. The predicted octanol–water partition coefficient (Wildman–Crippen LogP) is 4.32. The summed E-state index contributed by atoms with van der Waals surface area (Å²) < 4.78 is 36.3. The Labute approximate surface area is 90.4 Å². The highest BCUT2D eigenvalue weighted by Gasteiger charge is 2.54. The van der Waals surface area contributed by atoms with Gasteiger partial charge in [-0.2, -0.15) is 13.2 Å². The molecule has 0 amide bonds. The van der Waals surface area contributed by atoms with Crippen LogP contribution in [-0.4, -0.2) is 9.60 Å². The average Bonchev–Trinajstić information content (AvgIpc) is 1.94. The van der Waals surface area contributed by atoms with Crippen LogP contribution in [-0.2, 0) is 0 Å². The molecule has 0 nitrogen and oxygen atoms in total. The van der Waals surface area contributed by atoms with E-state index in [1.54, 1.807) is 22.6 Å². The minimum absolute atomic E-state index is 0.0971. The van der Waals surface area contributed by atoms with Crippen molar-refractivity contribution >= 4 is 22.6 Å². The summed E-state index contributed by atoms with van der Waals surface area (Å²) in [4.78, 5) is 0. The molecule has 0 spiro atoms. The summed E-state index contributed by atoms with van der Waals surface area (Å²) in [6.07, 6.45) is -2.15. The van der Waals surface area contributed by atoms with Crippen molar-refractivity contribution in [3.63, 3.8) is 0 Å². The van der Waals surface area contributed by atoms with Crippen LogP contribution in [0, 0.1) is 5.41 Å². The second-order valence-electron chi connectivity index (χ2n) is 4.63. The number of alkyl halides is 4. The first-order valence-electron chi connectivity index (χ1n) is 4.42. The van der Waals surface area contributed by atoms with Gasteiger partial charge in [-0.05, 0) is 31.1 Å². The Bertz CT molecular complexity index is 186. The van der Waals surface area contributed by atoms with Crippen molar-refractivity contribution in [3.05, 3.63) is 0 Å². The third kappa shape index (κ3) is 2.50. The molecule has 1 rings (SSSR count). The van der Waals surface area contributed by atoms with Gasteiger partial charge in [-0.1, -0.05) is 36.4 Å².